The molecule has 0 aromatic carbocycles. The van der Waals surface area contributed by atoms with Crippen LogP contribution in [0, 0.1) is 0 Å². The number of fused-ring (bicyclic) bond motifs is 1. The lowest BCUT2D eigenvalue weighted by Gasteiger charge is -2.25. The molecule has 3 rings (SSSR count). The quantitative estimate of drug-likeness (QED) is 0.710. The van der Waals surface area contributed by atoms with E-state index in [1.807, 2.05) is 18.2 Å². The highest BCUT2D eigenvalue weighted by Crippen LogP contribution is 2.30. The number of hydrogen-bond donors (Lipinski definition) is 3. The number of hydrogen-bond acceptors (Lipinski definition) is 6. The minimum atomic E-state index is -0.928. The summed E-state index contributed by atoms with van der Waals surface area (Å²) in [5.41, 5.74) is 7.10. The lowest BCUT2D eigenvalue weighted by molar-refractivity contribution is -0.122. The van der Waals surface area contributed by atoms with Crippen molar-refractivity contribution in [2.45, 2.75) is 24.9 Å². The highest BCUT2D eigenvalue weighted by atomic mass is 16.3. The number of carbonyl (C=O) groups excluding carboxylic acids is 1. The molecule has 0 aliphatic carbocycles. The molecule has 2 aromatic rings. The summed E-state index contributed by atoms with van der Waals surface area (Å²) in [7, 11) is 0. The van der Waals surface area contributed by atoms with Crippen molar-refractivity contribution in [1.29, 1.82) is 0 Å². The van der Waals surface area contributed by atoms with E-state index in [4.69, 9.17) is 5.73 Å². The van der Waals surface area contributed by atoms with Gasteiger partial charge < -0.3 is 21.1 Å². The van der Waals surface area contributed by atoms with Gasteiger partial charge in [0.15, 0.2) is 0 Å². The molecule has 1 aliphatic rings. The van der Waals surface area contributed by atoms with Crippen LogP contribution in [0.5, 0.6) is 0 Å². The molecule has 0 spiro atoms. The van der Waals surface area contributed by atoms with Crippen molar-refractivity contribution < 1.29 is 9.90 Å². The van der Waals surface area contributed by atoms with E-state index in [9.17, 15) is 9.90 Å². The molecule has 7 nitrogen and oxygen atoms in total. The third-order valence-corrected chi connectivity index (χ3v) is 4.37. The minimum Gasteiger partial charge on any atom is -0.386 e. The maximum absolute atomic E-state index is 11.7. The third-order valence-electron chi connectivity index (χ3n) is 4.37. The van der Waals surface area contributed by atoms with E-state index in [-0.39, 0.29) is 12.5 Å². The highest BCUT2D eigenvalue weighted by Gasteiger charge is 2.37. The first-order valence-electron chi connectivity index (χ1n) is 8.25. The number of carbonyl (C=O) groups is 1. The van der Waals surface area contributed by atoms with Crippen molar-refractivity contribution >= 4 is 22.6 Å². The number of nitrogens with two attached hydrogens (primary N) is 1. The molecule has 0 bridgehead atoms. The summed E-state index contributed by atoms with van der Waals surface area (Å²) in [5, 5.41) is 13.6. The number of β-amino-alcohol motifs (C(OH)–C–C–N with tert-alkyl or cyclic N) is 1. The number of aliphatic hydroxyl groups is 1. The number of nitrogens with one attached hydrogen (secondary N) is 1. The number of pyridine rings is 2. The lowest BCUT2D eigenvalue weighted by Crippen LogP contribution is -2.45. The molecule has 0 radical (unpaired) electrons. The second-order valence-electron chi connectivity index (χ2n) is 6.27. The molecule has 2 aromatic heterocycles. The van der Waals surface area contributed by atoms with Crippen molar-refractivity contribution in [1.82, 2.24) is 15.3 Å². The lowest BCUT2D eigenvalue weighted by atomic mass is 10.0. The number of nitrogens with zero attached hydrogens (tertiary/aromatic N) is 3. The van der Waals surface area contributed by atoms with Crippen molar-refractivity contribution in [2.24, 2.45) is 5.73 Å². The smallest absolute Gasteiger partial charge is 0.220 e. The molecule has 1 atom stereocenters. The van der Waals surface area contributed by atoms with Gasteiger partial charge in [-0.05, 0) is 37.6 Å². The van der Waals surface area contributed by atoms with E-state index in [2.05, 4.69) is 20.2 Å². The Bertz CT molecular complexity index is 718. The monoisotopic (exact) mass is 329 g/mol. The van der Waals surface area contributed by atoms with Gasteiger partial charge in [-0.2, -0.15) is 0 Å². The second-order valence-corrected chi connectivity index (χ2v) is 6.27. The summed E-state index contributed by atoms with van der Waals surface area (Å²) < 4.78 is 0. The van der Waals surface area contributed by atoms with E-state index in [1.54, 1.807) is 12.4 Å². The van der Waals surface area contributed by atoms with Crippen LogP contribution in [0.25, 0.3) is 11.0 Å². The predicted molar refractivity (Wildman–Crippen MR) is 92.6 cm³/mol. The van der Waals surface area contributed by atoms with Gasteiger partial charge >= 0.3 is 0 Å². The second kappa shape index (κ2) is 7.11. The van der Waals surface area contributed by atoms with Crippen LogP contribution in [0.3, 0.4) is 0 Å². The molecule has 1 aliphatic heterocycles. The van der Waals surface area contributed by atoms with Crippen LogP contribution in [0.1, 0.15) is 19.3 Å². The Kier molecular flexibility index (Phi) is 4.92. The zero-order valence-corrected chi connectivity index (χ0v) is 13.6. The number of aromatic nitrogens is 2. The Hall–Kier alpha value is -2.25. The molecule has 1 saturated heterocycles. The van der Waals surface area contributed by atoms with E-state index < -0.39 is 5.60 Å². The van der Waals surface area contributed by atoms with Crippen LogP contribution in [-0.2, 0) is 4.79 Å². The summed E-state index contributed by atoms with van der Waals surface area (Å²) in [4.78, 5) is 22.6. The van der Waals surface area contributed by atoms with Crippen molar-refractivity contribution in [3.8, 4) is 0 Å². The van der Waals surface area contributed by atoms with Gasteiger partial charge in [-0.25, -0.2) is 0 Å². The van der Waals surface area contributed by atoms with Gasteiger partial charge in [-0.3, -0.25) is 14.8 Å². The van der Waals surface area contributed by atoms with Crippen molar-refractivity contribution in [3.05, 3.63) is 30.6 Å². The zero-order chi connectivity index (χ0) is 17.0. The van der Waals surface area contributed by atoms with Crippen LogP contribution < -0.4 is 16.0 Å². The molecule has 24 heavy (non-hydrogen) atoms. The van der Waals surface area contributed by atoms with E-state index in [1.165, 1.54) is 0 Å². The maximum Gasteiger partial charge on any atom is 0.220 e. The molecule has 3 heterocycles. The Morgan fingerprint density at radius 1 is 1.38 bits per heavy atom. The van der Waals surface area contributed by atoms with Gasteiger partial charge in [-0.1, -0.05) is 0 Å². The molecule has 1 amide bonds. The first-order valence-corrected chi connectivity index (χ1v) is 8.25. The van der Waals surface area contributed by atoms with E-state index in [0.717, 1.165) is 16.7 Å². The van der Waals surface area contributed by atoms with Gasteiger partial charge in [-0.15, -0.1) is 0 Å². The fourth-order valence-electron chi connectivity index (χ4n) is 3.04. The molecule has 4 N–H and O–H groups in total. The summed E-state index contributed by atoms with van der Waals surface area (Å²) in [6, 6.07) is 5.70. The molecule has 128 valence electrons. The molecular formula is C17H23N5O2. The van der Waals surface area contributed by atoms with E-state index in [0.29, 0.717) is 38.9 Å². The first kappa shape index (κ1) is 16.6. The first-order chi connectivity index (χ1) is 11.6. The van der Waals surface area contributed by atoms with Crippen LogP contribution in [0.2, 0.25) is 0 Å². The summed E-state index contributed by atoms with van der Waals surface area (Å²) in [5.74, 6) is -0.0663. The van der Waals surface area contributed by atoms with Gasteiger partial charge in [0.1, 0.15) is 11.1 Å². The Morgan fingerprint density at radius 3 is 3.08 bits per heavy atom. The standard InChI is InChI=1S/C17H23N5O2/c18-7-1-4-15(23)21-11-17(24)6-10-22(12-17)14-5-9-19-13-3-2-8-20-16(13)14/h2-3,5,8-9,24H,1,4,6-7,10-12,18H2,(H,21,23)/t17-/m1/s1. The van der Waals surface area contributed by atoms with Crippen LogP contribution in [0.15, 0.2) is 30.6 Å². The highest BCUT2D eigenvalue weighted by molar-refractivity contribution is 5.87. The van der Waals surface area contributed by atoms with Gasteiger partial charge in [0.2, 0.25) is 5.91 Å². The molecular weight excluding hydrogens is 306 g/mol. The summed E-state index contributed by atoms with van der Waals surface area (Å²) >= 11 is 0. The minimum absolute atomic E-state index is 0.0663. The van der Waals surface area contributed by atoms with E-state index >= 15 is 0 Å². The van der Waals surface area contributed by atoms with Gasteiger partial charge in [0, 0.05) is 38.4 Å². The summed E-state index contributed by atoms with van der Waals surface area (Å²) in [6.07, 6.45) is 5.15. The number of anilines is 1. The largest absolute Gasteiger partial charge is 0.386 e. The maximum atomic E-state index is 11.7. The predicted octanol–water partition coefficient (Wildman–Crippen LogP) is 0.426. The zero-order valence-electron chi connectivity index (χ0n) is 13.6. The van der Waals surface area contributed by atoms with Crippen LogP contribution in [0.4, 0.5) is 5.69 Å². The number of rotatable bonds is 6. The average molecular weight is 329 g/mol. The Balaban J connectivity index is 1.67. The average Bonchev–Trinajstić information content (AvgIpc) is 3.00. The van der Waals surface area contributed by atoms with Crippen molar-refractivity contribution in [2.75, 3.05) is 31.1 Å². The van der Waals surface area contributed by atoms with Crippen LogP contribution in [-0.4, -0.2) is 52.8 Å². The SMILES string of the molecule is NCCCC(=O)NC[C@]1(O)CCN(c2ccnc3cccnc23)C1. The van der Waals surface area contributed by atoms with Gasteiger partial charge in [0.05, 0.1) is 11.2 Å². The van der Waals surface area contributed by atoms with Crippen LogP contribution >= 0.6 is 0 Å². The Morgan fingerprint density at radius 2 is 2.25 bits per heavy atom. The topological polar surface area (TPSA) is 104 Å². The van der Waals surface area contributed by atoms with Crippen molar-refractivity contribution in [3.63, 3.8) is 0 Å². The third kappa shape index (κ3) is 3.63. The molecule has 1 fully saturated rings. The fraction of sp³-hybridized carbons (Fsp3) is 0.471. The number of amides is 1. The Labute approximate surface area is 140 Å². The normalized spacial score (nSPS) is 20.5. The summed E-state index contributed by atoms with van der Waals surface area (Å²) in [6.45, 7) is 1.92. The van der Waals surface area contributed by atoms with Gasteiger partial charge in [0.25, 0.3) is 0 Å². The fourth-order valence-corrected chi connectivity index (χ4v) is 3.04. The molecule has 7 heteroatoms. The molecule has 0 unspecified atom stereocenters. The molecule has 0 saturated carbocycles.